The van der Waals surface area contributed by atoms with Gasteiger partial charge in [0, 0.05) is 26.1 Å². The third-order valence-corrected chi connectivity index (χ3v) is 3.80. The normalized spacial score (nSPS) is 23.6. The van der Waals surface area contributed by atoms with Gasteiger partial charge in [0.1, 0.15) is 6.04 Å². The number of nitrogens with one attached hydrogen (secondary N) is 1. The molecule has 1 rings (SSSR count). The second-order valence-corrected chi connectivity index (χ2v) is 6.14. The zero-order valence-electron chi connectivity index (χ0n) is 12.1. The highest BCUT2D eigenvalue weighted by Crippen LogP contribution is 2.38. The van der Waals surface area contributed by atoms with Crippen molar-refractivity contribution in [1.82, 2.24) is 5.32 Å². The van der Waals surface area contributed by atoms with Crippen LogP contribution in [0.25, 0.3) is 0 Å². The second-order valence-electron chi connectivity index (χ2n) is 6.14. The maximum atomic E-state index is 12.1. The lowest BCUT2D eigenvalue weighted by molar-refractivity contribution is -0.143. The van der Waals surface area contributed by atoms with Gasteiger partial charge in [0.15, 0.2) is 0 Å². The number of amides is 1. The molecular weight excluding hydrogens is 246 g/mol. The summed E-state index contributed by atoms with van der Waals surface area (Å²) in [5.41, 5.74) is 0.172. The number of carboxylic acid groups (broad SMARTS) is 1. The Morgan fingerprint density at radius 1 is 1.47 bits per heavy atom. The predicted molar refractivity (Wildman–Crippen MR) is 71.8 cm³/mol. The Labute approximate surface area is 114 Å². The van der Waals surface area contributed by atoms with Crippen LogP contribution in [0.3, 0.4) is 0 Å². The summed E-state index contributed by atoms with van der Waals surface area (Å²) < 4.78 is 4.87. The van der Waals surface area contributed by atoms with Gasteiger partial charge in [-0.3, -0.25) is 4.79 Å². The molecule has 0 aromatic rings. The van der Waals surface area contributed by atoms with Gasteiger partial charge in [-0.1, -0.05) is 20.3 Å². The van der Waals surface area contributed by atoms with Crippen molar-refractivity contribution in [2.24, 2.45) is 11.3 Å². The quantitative estimate of drug-likeness (QED) is 0.772. The molecule has 19 heavy (non-hydrogen) atoms. The summed E-state index contributed by atoms with van der Waals surface area (Å²) in [6.45, 7) is 4.64. The van der Waals surface area contributed by atoms with Gasteiger partial charge in [0.25, 0.3) is 0 Å². The minimum absolute atomic E-state index is 0.0619. The maximum Gasteiger partial charge on any atom is 0.326 e. The number of carbonyl (C=O) groups is 2. The molecule has 0 radical (unpaired) electrons. The summed E-state index contributed by atoms with van der Waals surface area (Å²) >= 11 is 0. The highest BCUT2D eigenvalue weighted by atomic mass is 16.5. The minimum Gasteiger partial charge on any atom is -0.480 e. The van der Waals surface area contributed by atoms with Gasteiger partial charge in [0.2, 0.25) is 5.91 Å². The van der Waals surface area contributed by atoms with Crippen LogP contribution in [-0.4, -0.2) is 36.7 Å². The van der Waals surface area contributed by atoms with Crippen LogP contribution < -0.4 is 5.32 Å². The van der Waals surface area contributed by atoms with Gasteiger partial charge < -0.3 is 15.2 Å². The van der Waals surface area contributed by atoms with Crippen molar-refractivity contribution in [3.63, 3.8) is 0 Å². The fourth-order valence-corrected chi connectivity index (χ4v) is 2.70. The monoisotopic (exact) mass is 271 g/mol. The molecule has 1 fully saturated rings. The summed E-state index contributed by atoms with van der Waals surface area (Å²) in [6, 6.07) is -0.850. The van der Waals surface area contributed by atoms with Gasteiger partial charge in [-0.15, -0.1) is 0 Å². The van der Waals surface area contributed by atoms with Crippen LogP contribution in [0.15, 0.2) is 0 Å². The number of carbonyl (C=O) groups excluding carboxylic acids is 1. The van der Waals surface area contributed by atoms with E-state index in [1.165, 1.54) is 7.11 Å². The molecule has 110 valence electrons. The average Bonchev–Trinajstić information content (AvgIpc) is 2.32. The number of carboxylic acids is 1. The average molecular weight is 271 g/mol. The Hall–Kier alpha value is -1.10. The Kier molecular flexibility index (Phi) is 5.79. The SMILES string of the molecule is COCCC(NC(=O)C1CCCC(C)(C)C1)C(=O)O. The number of hydrogen-bond donors (Lipinski definition) is 2. The summed E-state index contributed by atoms with van der Waals surface area (Å²) in [4.78, 5) is 23.2. The molecule has 0 aliphatic heterocycles. The molecule has 2 atom stereocenters. The molecular formula is C14H25NO4. The van der Waals surface area contributed by atoms with E-state index in [4.69, 9.17) is 9.84 Å². The Morgan fingerprint density at radius 3 is 2.68 bits per heavy atom. The lowest BCUT2D eigenvalue weighted by atomic mass is 9.72. The van der Waals surface area contributed by atoms with Crippen LogP contribution >= 0.6 is 0 Å². The lowest BCUT2D eigenvalue weighted by Crippen LogP contribution is -2.45. The van der Waals surface area contributed by atoms with Crippen molar-refractivity contribution in [2.45, 2.75) is 52.0 Å². The Bertz CT molecular complexity index is 327. The summed E-state index contributed by atoms with van der Waals surface area (Å²) in [6.07, 6.45) is 4.14. The van der Waals surface area contributed by atoms with Crippen molar-refractivity contribution < 1.29 is 19.4 Å². The zero-order valence-corrected chi connectivity index (χ0v) is 12.1. The molecule has 0 bridgehead atoms. The van der Waals surface area contributed by atoms with Crippen LogP contribution in [0.2, 0.25) is 0 Å². The molecule has 1 aliphatic carbocycles. The maximum absolute atomic E-state index is 12.1. The van der Waals surface area contributed by atoms with E-state index in [1.54, 1.807) is 0 Å². The van der Waals surface area contributed by atoms with E-state index in [0.717, 1.165) is 25.7 Å². The molecule has 1 amide bonds. The van der Waals surface area contributed by atoms with E-state index in [0.29, 0.717) is 13.0 Å². The highest BCUT2D eigenvalue weighted by molar-refractivity contribution is 5.85. The summed E-state index contributed by atoms with van der Waals surface area (Å²) in [7, 11) is 1.52. The first-order chi connectivity index (χ1) is 8.85. The first-order valence-electron chi connectivity index (χ1n) is 6.88. The van der Waals surface area contributed by atoms with Gasteiger partial charge in [-0.05, 0) is 24.7 Å². The van der Waals surface area contributed by atoms with Gasteiger partial charge in [0.05, 0.1) is 0 Å². The largest absolute Gasteiger partial charge is 0.480 e. The number of aliphatic carboxylic acids is 1. The van der Waals surface area contributed by atoms with Crippen LogP contribution in [0.5, 0.6) is 0 Å². The molecule has 0 heterocycles. The van der Waals surface area contributed by atoms with Crippen LogP contribution in [0.1, 0.15) is 46.0 Å². The topological polar surface area (TPSA) is 75.6 Å². The van der Waals surface area contributed by atoms with Gasteiger partial charge in [-0.2, -0.15) is 0 Å². The molecule has 1 saturated carbocycles. The van der Waals surface area contributed by atoms with E-state index in [2.05, 4.69) is 19.2 Å². The van der Waals surface area contributed by atoms with E-state index in [1.807, 2.05) is 0 Å². The second kappa shape index (κ2) is 6.89. The fourth-order valence-electron chi connectivity index (χ4n) is 2.70. The molecule has 2 N–H and O–H groups in total. The van der Waals surface area contributed by atoms with E-state index < -0.39 is 12.0 Å². The van der Waals surface area contributed by atoms with Crippen molar-refractivity contribution in [1.29, 1.82) is 0 Å². The molecule has 0 aromatic carbocycles. The van der Waals surface area contributed by atoms with Crippen molar-refractivity contribution >= 4 is 11.9 Å². The molecule has 1 aliphatic rings. The van der Waals surface area contributed by atoms with E-state index >= 15 is 0 Å². The smallest absolute Gasteiger partial charge is 0.326 e. The molecule has 0 aromatic heterocycles. The van der Waals surface area contributed by atoms with Crippen molar-refractivity contribution in [2.75, 3.05) is 13.7 Å². The standard InChI is InChI=1S/C14H25NO4/c1-14(2)7-4-5-10(9-14)12(16)15-11(13(17)18)6-8-19-3/h10-11H,4-9H2,1-3H3,(H,15,16)(H,17,18). The summed E-state index contributed by atoms with van der Waals surface area (Å²) in [5.74, 6) is -1.19. The minimum atomic E-state index is -1.000. The number of rotatable bonds is 6. The van der Waals surface area contributed by atoms with Gasteiger partial charge in [-0.25, -0.2) is 4.79 Å². The number of hydrogen-bond acceptors (Lipinski definition) is 3. The molecule has 0 spiro atoms. The third kappa shape index (κ3) is 5.19. The van der Waals surface area contributed by atoms with Crippen LogP contribution in [0.4, 0.5) is 0 Å². The number of methoxy groups -OCH3 is 1. The molecule has 0 saturated heterocycles. The number of ether oxygens (including phenoxy) is 1. The first kappa shape index (κ1) is 16.0. The Morgan fingerprint density at radius 2 is 2.16 bits per heavy atom. The third-order valence-electron chi connectivity index (χ3n) is 3.80. The predicted octanol–water partition coefficient (Wildman–Crippen LogP) is 1.81. The Balaban J connectivity index is 2.54. The van der Waals surface area contributed by atoms with E-state index in [-0.39, 0.29) is 17.2 Å². The van der Waals surface area contributed by atoms with Gasteiger partial charge >= 0.3 is 5.97 Å². The summed E-state index contributed by atoms with van der Waals surface area (Å²) in [5, 5.41) is 11.7. The molecule has 5 nitrogen and oxygen atoms in total. The van der Waals surface area contributed by atoms with E-state index in [9.17, 15) is 9.59 Å². The van der Waals surface area contributed by atoms with Crippen LogP contribution in [0, 0.1) is 11.3 Å². The lowest BCUT2D eigenvalue weighted by Gasteiger charge is -2.34. The molecule has 5 heteroatoms. The first-order valence-corrected chi connectivity index (χ1v) is 6.88. The fraction of sp³-hybridized carbons (Fsp3) is 0.857. The van der Waals surface area contributed by atoms with Crippen molar-refractivity contribution in [3.05, 3.63) is 0 Å². The molecule has 2 unspecified atom stereocenters. The zero-order chi connectivity index (χ0) is 14.5. The van der Waals surface area contributed by atoms with Crippen molar-refractivity contribution in [3.8, 4) is 0 Å². The highest BCUT2D eigenvalue weighted by Gasteiger charge is 2.33. The van der Waals surface area contributed by atoms with Crippen LogP contribution in [-0.2, 0) is 14.3 Å².